The highest BCUT2D eigenvalue weighted by atomic mass is 16.5. The fraction of sp³-hybridized carbons (Fsp3) is 0.200. The summed E-state index contributed by atoms with van der Waals surface area (Å²) in [5, 5.41) is 0.920. The van der Waals surface area contributed by atoms with Crippen molar-refractivity contribution in [2.24, 2.45) is 0 Å². The van der Waals surface area contributed by atoms with Crippen LogP contribution in [0, 0.1) is 0 Å². The Morgan fingerprint density at radius 1 is 1.12 bits per heavy atom. The molecule has 1 amide bonds. The van der Waals surface area contributed by atoms with Crippen molar-refractivity contribution in [2.75, 3.05) is 21.2 Å². The molecular formula is C20H20N2O3. The lowest BCUT2D eigenvalue weighted by molar-refractivity contribution is 0.0827. The molecule has 0 aliphatic carbocycles. The number of carbonyl (C=O) groups is 1. The molecule has 128 valence electrons. The van der Waals surface area contributed by atoms with E-state index in [-0.39, 0.29) is 5.91 Å². The van der Waals surface area contributed by atoms with Crippen molar-refractivity contribution >= 4 is 16.8 Å². The molecule has 3 rings (SSSR count). The molecule has 0 aliphatic rings. The van der Waals surface area contributed by atoms with Gasteiger partial charge in [0.25, 0.3) is 5.91 Å². The summed E-state index contributed by atoms with van der Waals surface area (Å²) in [5.74, 6) is 1.48. The number of methoxy groups -OCH3 is 1. The van der Waals surface area contributed by atoms with Gasteiger partial charge in [0.05, 0.1) is 12.6 Å². The van der Waals surface area contributed by atoms with Crippen LogP contribution < -0.4 is 9.47 Å². The van der Waals surface area contributed by atoms with Gasteiger partial charge in [-0.1, -0.05) is 12.1 Å². The minimum absolute atomic E-state index is 0.0247. The molecule has 1 heterocycles. The Bertz CT molecular complexity index is 906. The number of ether oxygens (including phenoxy) is 2. The van der Waals surface area contributed by atoms with E-state index in [1.165, 1.54) is 0 Å². The number of pyridine rings is 1. The number of rotatable bonds is 5. The molecule has 0 N–H and O–H groups in total. The van der Waals surface area contributed by atoms with Crippen LogP contribution in [0.4, 0.5) is 0 Å². The van der Waals surface area contributed by atoms with Gasteiger partial charge < -0.3 is 14.4 Å². The molecule has 0 radical (unpaired) electrons. The summed E-state index contributed by atoms with van der Waals surface area (Å²) in [5.41, 5.74) is 2.40. The van der Waals surface area contributed by atoms with Crippen LogP contribution in [0.5, 0.6) is 11.5 Å². The normalized spacial score (nSPS) is 10.5. The average molecular weight is 336 g/mol. The third-order valence-corrected chi connectivity index (χ3v) is 3.88. The molecule has 0 saturated carbocycles. The number of fused-ring (bicyclic) bond motifs is 1. The number of nitrogens with zero attached hydrogens (tertiary/aromatic N) is 2. The molecular weight excluding hydrogens is 316 g/mol. The second-order valence-corrected chi connectivity index (χ2v) is 5.88. The van der Waals surface area contributed by atoms with Crippen LogP contribution in [-0.4, -0.2) is 37.0 Å². The topological polar surface area (TPSA) is 51.7 Å². The summed E-state index contributed by atoms with van der Waals surface area (Å²) >= 11 is 0. The van der Waals surface area contributed by atoms with Crippen LogP contribution in [0.25, 0.3) is 10.9 Å². The van der Waals surface area contributed by atoms with Gasteiger partial charge >= 0.3 is 0 Å². The highest BCUT2D eigenvalue weighted by Crippen LogP contribution is 2.27. The van der Waals surface area contributed by atoms with Gasteiger partial charge in [0.15, 0.2) is 0 Å². The first-order chi connectivity index (χ1) is 12.1. The van der Waals surface area contributed by atoms with Gasteiger partial charge in [0, 0.05) is 37.3 Å². The Labute approximate surface area is 146 Å². The van der Waals surface area contributed by atoms with E-state index in [2.05, 4.69) is 4.98 Å². The van der Waals surface area contributed by atoms with Gasteiger partial charge in [-0.15, -0.1) is 0 Å². The van der Waals surface area contributed by atoms with Gasteiger partial charge in [0.1, 0.15) is 18.1 Å². The van der Waals surface area contributed by atoms with Crippen LogP contribution in [0.15, 0.2) is 54.7 Å². The Morgan fingerprint density at radius 2 is 1.96 bits per heavy atom. The van der Waals surface area contributed by atoms with Crippen molar-refractivity contribution in [2.45, 2.75) is 6.61 Å². The number of benzene rings is 2. The molecule has 25 heavy (non-hydrogen) atoms. The summed E-state index contributed by atoms with van der Waals surface area (Å²) in [6.07, 6.45) is 1.71. The maximum absolute atomic E-state index is 12.1. The van der Waals surface area contributed by atoms with Crippen molar-refractivity contribution in [3.8, 4) is 11.5 Å². The van der Waals surface area contributed by atoms with Crippen molar-refractivity contribution in [1.82, 2.24) is 9.88 Å². The number of amides is 1. The summed E-state index contributed by atoms with van der Waals surface area (Å²) in [7, 11) is 5.11. The summed E-state index contributed by atoms with van der Waals surface area (Å²) < 4.78 is 11.2. The van der Waals surface area contributed by atoms with E-state index in [0.717, 1.165) is 28.0 Å². The Kier molecular flexibility index (Phi) is 4.84. The molecule has 0 atom stereocenters. The number of hydrogen-bond donors (Lipinski definition) is 0. The quantitative estimate of drug-likeness (QED) is 0.715. The van der Waals surface area contributed by atoms with Crippen molar-refractivity contribution < 1.29 is 14.3 Å². The third-order valence-electron chi connectivity index (χ3n) is 3.88. The van der Waals surface area contributed by atoms with Crippen LogP contribution in [0.3, 0.4) is 0 Å². The smallest absolute Gasteiger partial charge is 0.253 e. The molecule has 0 fully saturated rings. The van der Waals surface area contributed by atoms with E-state index in [1.54, 1.807) is 38.4 Å². The van der Waals surface area contributed by atoms with Gasteiger partial charge in [-0.25, -0.2) is 0 Å². The molecule has 0 unspecified atom stereocenters. The maximum atomic E-state index is 12.1. The van der Waals surface area contributed by atoms with E-state index in [1.807, 2.05) is 42.5 Å². The van der Waals surface area contributed by atoms with Gasteiger partial charge in [-0.05, 0) is 35.9 Å². The summed E-state index contributed by atoms with van der Waals surface area (Å²) in [6.45, 7) is 0.375. The van der Waals surface area contributed by atoms with Crippen molar-refractivity contribution in [3.63, 3.8) is 0 Å². The zero-order chi connectivity index (χ0) is 17.8. The summed E-state index contributed by atoms with van der Waals surface area (Å²) in [6, 6.07) is 15.0. The van der Waals surface area contributed by atoms with E-state index < -0.39 is 0 Å². The second-order valence-electron chi connectivity index (χ2n) is 5.88. The van der Waals surface area contributed by atoms with Crippen LogP contribution in [0.1, 0.15) is 15.9 Å². The average Bonchev–Trinajstić information content (AvgIpc) is 2.65. The molecule has 5 heteroatoms. The lowest BCUT2D eigenvalue weighted by Crippen LogP contribution is -2.21. The van der Waals surface area contributed by atoms with E-state index in [4.69, 9.17) is 9.47 Å². The van der Waals surface area contributed by atoms with Gasteiger partial charge in [-0.3, -0.25) is 9.78 Å². The lowest BCUT2D eigenvalue weighted by atomic mass is 10.1. The molecule has 0 bridgehead atoms. The van der Waals surface area contributed by atoms with E-state index in [9.17, 15) is 4.79 Å². The predicted molar refractivity (Wildman–Crippen MR) is 97.1 cm³/mol. The number of aromatic nitrogens is 1. The first-order valence-electron chi connectivity index (χ1n) is 7.94. The first-order valence-corrected chi connectivity index (χ1v) is 7.94. The monoisotopic (exact) mass is 336 g/mol. The Morgan fingerprint density at radius 3 is 2.72 bits per heavy atom. The summed E-state index contributed by atoms with van der Waals surface area (Å²) in [4.78, 5) is 18.0. The molecule has 1 aromatic heterocycles. The molecule has 5 nitrogen and oxygen atoms in total. The fourth-order valence-corrected chi connectivity index (χ4v) is 2.57. The number of hydrogen-bond acceptors (Lipinski definition) is 4. The van der Waals surface area contributed by atoms with E-state index >= 15 is 0 Å². The van der Waals surface area contributed by atoms with Gasteiger partial charge in [0.2, 0.25) is 0 Å². The lowest BCUT2D eigenvalue weighted by Gasteiger charge is -2.12. The molecule has 3 aromatic rings. The fourth-order valence-electron chi connectivity index (χ4n) is 2.57. The minimum atomic E-state index is -0.0247. The molecule has 0 saturated heterocycles. The highest BCUT2D eigenvalue weighted by Gasteiger charge is 2.09. The first kappa shape index (κ1) is 16.8. The third kappa shape index (κ3) is 3.71. The molecule has 2 aromatic carbocycles. The Hall–Kier alpha value is -3.08. The van der Waals surface area contributed by atoms with Crippen molar-refractivity contribution in [3.05, 3.63) is 65.9 Å². The zero-order valence-electron chi connectivity index (χ0n) is 14.5. The molecule has 0 aliphatic heterocycles. The number of carbonyl (C=O) groups excluding carboxylic acids is 1. The van der Waals surface area contributed by atoms with Crippen LogP contribution in [0.2, 0.25) is 0 Å². The predicted octanol–water partition coefficient (Wildman–Crippen LogP) is 3.52. The van der Waals surface area contributed by atoms with Gasteiger partial charge in [-0.2, -0.15) is 0 Å². The van der Waals surface area contributed by atoms with Crippen LogP contribution >= 0.6 is 0 Å². The Balaban J connectivity index is 1.81. The maximum Gasteiger partial charge on any atom is 0.253 e. The van der Waals surface area contributed by atoms with E-state index in [0.29, 0.717) is 12.2 Å². The minimum Gasteiger partial charge on any atom is -0.497 e. The standard InChI is InChI=1S/C20H20N2O3/c1-22(2)20(23)15-6-4-5-14(11-15)13-25-19-9-10-21-18-12-16(24-3)7-8-17(18)19/h4-12H,13H2,1-3H3. The highest BCUT2D eigenvalue weighted by molar-refractivity contribution is 5.94. The van der Waals surface area contributed by atoms with Crippen molar-refractivity contribution in [1.29, 1.82) is 0 Å². The SMILES string of the molecule is COc1ccc2c(OCc3cccc(C(=O)N(C)C)c3)ccnc2c1. The van der Waals surface area contributed by atoms with Crippen LogP contribution in [-0.2, 0) is 6.61 Å². The molecule has 0 spiro atoms. The largest absolute Gasteiger partial charge is 0.497 e. The zero-order valence-corrected chi connectivity index (χ0v) is 14.5. The second kappa shape index (κ2) is 7.21.